The normalized spacial score (nSPS) is 15.4. The highest BCUT2D eigenvalue weighted by Crippen LogP contribution is 2.33. The Morgan fingerprint density at radius 2 is 0.918 bits per heavy atom. The molecule has 1 aliphatic rings. The number of para-hydroxylation sites is 2. The second kappa shape index (κ2) is 25.4. The number of aryl methyl sites for hydroxylation is 2. The Hall–Kier alpha value is -7.97. The van der Waals surface area contributed by atoms with E-state index in [0.717, 1.165) is 33.4 Å². The first-order valence-corrected chi connectivity index (χ1v) is 24.6. The van der Waals surface area contributed by atoms with Crippen molar-refractivity contribution in [1.82, 2.24) is 15.5 Å². The first kappa shape index (κ1) is 52.8. The Morgan fingerprint density at radius 3 is 1.30 bits per heavy atom. The molecule has 1 saturated heterocycles. The van der Waals surface area contributed by atoms with E-state index in [9.17, 15) is 24.0 Å². The zero-order valence-corrected chi connectivity index (χ0v) is 42.0. The van der Waals surface area contributed by atoms with Gasteiger partial charge in [0.25, 0.3) is 0 Å². The van der Waals surface area contributed by atoms with Crippen molar-refractivity contribution in [3.05, 3.63) is 203 Å². The van der Waals surface area contributed by atoms with Gasteiger partial charge in [-0.3, -0.25) is 9.59 Å². The van der Waals surface area contributed by atoms with Crippen LogP contribution in [0.1, 0.15) is 78.8 Å². The number of hydrogen-bond acceptors (Lipinski definition) is 9. The minimum absolute atomic E-state index is 0.235. The summed E-state index contributed by atoms with van der Waals surface area (Å²) in [4.78, 5) is 70.3. The number of methoxy groups -OCH3 is 2. The van der Waals surface area contributed by atoms with Crippen LogP contribution in [0.5, 0.6) is 0 Å². The third-order valence-corrected chi connectivity index (χ3v) is 12.8. The molecule has 1 aliphatic heterocycles. The summed E-state index contributed by atoms with van der Waals surface area (Å²) in [5, 5.41) is 11.8. The highest BCUT2D eigenvalue weighted by molar-refractivity contribution is 5.99. The molecule has 1 fully saturated rings. The van der Waals surface area contributed by atoms with Gasteiger partial charge in [0.1, 0.15) is 17.7 Å². The van der Waals surface area contributed by atoms with Gasteiger partial charge in [0.05, 0.1) is 39.5 Å². The van der Waals surface area contributed by atoms with E-state index in [1.807, 2.05) is 191 Å². The predicted octanol–water partition coefficient (Wildman–Crippen LogP) is 10.2. The van der Waals surface area contributed by atoms with Crippen LogP contribution in [-0.4, -0.2) is 92.2 Å². The first-order valence-electron chi connectivity index (χ1n) is 24.6. The molecule has 0 radical (unpaired) electrons. The van der Waals surface area contributed by atoms with Gasteiger partial charge in [0.15, 0.2) is 0 Å². The molecule has 0 unspecified atom stereocenters. The van der Waals surface area contributed by atoms with Crippen LogP contribution in [0, 0.1) is 0 Å². The second-order valence-corrected chi connectivity index (χ2v) is 18.9. The van der Waals surface area contributed by atoms with Crippen molar-refractivity contribution in [3.63, 3.8) is 0 Å². The minimum atomic E-state index is -1.05. The molecule has 5 amide bonds. The van der Waals surface area contributed by atoms with E-state index >= 15 is 0 Å². The molecule has 7 rings (SSSR count). The maximum Gasteiger partial charge on any atom is 0.410 e. The summed E-state index contributed by atoms with van der Waals surface area (Å²) < 4.78 is 22.5. The number of rotatable bonds is 18. The minimum Gasteiger partial charge on any atom is -0.453 e. The molecular weight excluding hydrogens is 923 g/mol. The molecule has 0 bridgehead atoms. The third kappa shape index (κ3) is 14.6. The Labute approximate surface area is 427 Å². The lowest BCUT2D eigenvalue weighted by Crippen LogP contribution is -2.53. The first-order chi connectivity index (χ1) is 35.3. The molecule has 4 N–H and O–H groups in total. The maximum atomic E-state index is 14.5. The van der Waals surface area contributed by atoms with Crippen LogP contribution in [-0.2, 0) is 41.4 Å². The van der Waals surface area contributed by atoms with Crippen molar-refractivity contribution in [2.24, 2.45) is 0 Å². The van der Waals surface area contributed by atoms with Gasteiger partial charge in [-0.05, 0) is 92.0 Å². The molecule has 1 heterocycles. The number of nitrogens with one attached hydrogen (secondary N) is 4. The van der Waals surface area contributed by atoms with E-state index in [1.54, 1.807) is 4.90 Å². The van der Waals surface area contributed by atoms with E-state index < -0.39 is 59.6 Å². The van der Waals surface area contributed by atoms with Gasteiger partial charge >= 0.3 is 18.3 Å². The maximum absolute atomic E-state index is 14.5. The van der Waals surface area contributed by atoms with Crippen molar-refractivity contribution in [3.8, 4) is 0 Å². The van der Waals surface area contributed by atoms with Crippen LogP contribution in [0.15, 0.2) is 170 Å². The van der Waals surface area contributed by atoms with Crippen LogP contribution >= 0.6 is 0 Å². The number of nitrogens with zero attached hydrogens (tertiary/aromatic N) is 1. The monoisotopic (exact) mass is 987 g/mol. The number of amides is 5. The number of benzene rings is 6. The smallest absolute Gasteiger partial charge is 0.410 e. The SMILES string of the molecule is COC(=O)N[C@H](C(=O)Nc1ccccc1CC[C@@H]1CN(C(=O)OC(C)(C)C)[C@H](CCc2ccccc2NC(=O)[C@@H](NC(=O)OC)C(c2ccccc2)c2ccccc2)CO1)C(c1ccccc1)c1ccccc1. The number of morpholine rings is 1. The van der Waals surface area contributed by atoms with Gasteiger partial charge in [-0.25, -0.2) is 14.4 Å². The van der Waals surface area contributed by atoms with Gasteiger partial charge in [0, 0.05) is 23.2 Å². The molecule has 4 atom stereocenters. The number of anilines is 2. The fourth-order valence-corrected chi connectivity index (χ4v) is 9.26. The second-order valence-electron chi connectivity index (χ2n) is 18.9. The zero-order chi connectivity index (χ0) is 51.7. The van der Waals surface area contributed by atoms with Crippen molar-refractivity contribution in [2.45, 2.75) is 88.1 Å². The topological polar surface area (TPSA) is 174 Å². The number of hydrogen-bond donors (Lipinski definition) is 4. The Morgan fingerprint density at radius 1 is 0.548 bits per heavy atom. The summed E-state index contributed by atoms with van der Waals surface area (Å²) in [6.45, 7) is 5.99. The van der Waals surface area contributed by atoms with Gasteiger partial charge in [-0.15, -0.1) is 0 Å². The fourth-order valence-electron chi connectivity index (χ4n) is 9.26. The van der Waals surface area contributed by atoms with E-state index in [2.05, 4.69) is 21.3 Å². The summed E-state index contributed by atoms with van der Waals surface area (Å²) >= 11 is 0. The van der Waals surface area contributed by atoms with Gasteiger partial charge < -0.3 is 45.1 Å². The average Bonchev–Trinajstić information content (AvgIpc) is 3.40. The largest absolute Gasteiger partial charge is 0.453 e. The number of alkyl carbamates (subject to hydrolysis) is 2. The molecule has 73 heavy (non-hydrogen) atoms. The van der Waals surface area contributed by atoms with Gasteiger partial charge in [0.2, 0.25) is 11.8 Å². The standard InChI is InChI=1S/C59H65N5O9/c1-59(2,3)73-58(69)64-38-47(37-35-41-23-19-21-33-49(41)61-55(66)53(63-57(68)71-5)51(44-28-14-8-15-29-44)45-30-16-9-17-31-45)72-39-46(64)36-34-40-22-18-20-32-48(40)60-54(65)52(62-56(67)70-4)50(42-24-10-6-11-25-42)43-26-12-7-13-27-43/h6-33,46-47,50-53H,34-39H2,1-5H3,(H,60,65)(H,61,66)(H,62,67)(H,63,68)/t46-,47-,52+,53+/m1/s1. The fraction of sp³-hybridized carbons (Fsp3) is 0.305. The summed E-state index contributed by atoms with van der Waals surface area (Å²) in [5.41, 5.74) is 5.42. The van der Waals surface area contributed by atoms with Crippen molar-refractivity contribution < 1.29 is 42.9 Å². The summed E-state index contributed by atoms with van der Waals surface area (Å²) in [6, 6.07) is 50.7. The van der Waals surface area contributed by atoms with Crippen LogP contribution in [0.2, 0.25) is 0 Å². The Balaban J connectivity index is 1.05. The molecule has 0 spiro atoms. The predicted molar refractivity (Wildman–Crippen MR) is 281 cm³/mol. The number of carbonyl (C=O) groups is 5. The van der Waals surface area contributed by atoms with Crippen LogP contribution in [0.25, 0.3) is 0 Å². The van der Waals surface area contributed by atoms with E-state index in [-0.39, 0.29) is 25.3 Å². The number of ether oxygens (including phenoxy) is 4. The van der Waals surface area contributed by atoms with E-state index in [1.165, 1.54) is 14.2 Å². The molecule has 380 valence electrons. The Kier molecular flexibility index (Phi) is 18.4. The van der Waals surface area contributed by atoms with E-state index in [4.69, 9.17) is 18.9 Å². The van der Waals surface area contributed by atoms with Gasteiger partial charge in [-0.2, -0.15) is 0 Å². The van der Waals surface area contributed by atoms with Crippen molar-refractivity contribution >= 4 is 41.5 Å². The van der Waals surface area contributed by atoms with Crippen LogP contribution in [0.4, 0.5) is 25.8 Å². The van der Waals surface area contributed by atoms with Crippen LogP contribution < -0.4 is 21.3 Å². The quantitative estimate of drug-likeness (QED) is 0.0611. The molecule has 14 heteroatoms. The lowest BCUT2D eigenvalue weighted by molar-refractivity contribution is -0.119. The highest BCUT2D eigenvalue weighted by Gasteiger charge is 2.37. The van der Waals surface area contributed by atoms with Gasteiger partial charge in [-0.1, -0.05) is 158 Å². The van der Waals surface area contributed by atoms with Crippen LogP contribution in [0.3, 0.4) is 0 Å². The molecule has 14 nitrogen and oxygen atoms in total. The number of carbonyl (C=O) groups excluding carboxylic acids is 5. The lowest BCUT2D eigenvalue weighted by atomic mass is 9.84. The molecule has 0 aromatic heterocycles. The summed E-state index contributed by atoms with van der Waals surface area (Å²) in [6.07, 6.45) is -0.330. The lowest BCUT2D eigenvalue weighted by Gasteiger charge is -2.40. The average molecular weight is 988 g/mol. The molecular formula is C59H65N5O9. The van der Waals surface area contributed by atoms with Crippen molar-refractivity contribution in [2.75, 3.05) is 38.0 Å². The summed E-state index contributed by atoms with van der Waals surface area (Å²) in [5.74, 6) is -1.94. The highest BCUT2D eigenvalue weighted by atomic mass is 16.6. The molecule has 0 saturated carbocycles. The third-order valence-electron chi connectivity index (χ3n) is 12.8. The Bertz CT molecular complexity index is 2680. The summed E-state index contributed by atoms with van der Waals surface area (Å²) in [7, 11) is 2.52. The zero-order valence-electron chi connectivity index (χ0n) is 42.0. The van der Waals surface area contributed by atoms with E-state index in [0.29, 0.717) is 37.1 Å². The van der Waals surface area contributed by atoms with Crippen molar-refractivity contribution in [1.29, 1.82) is 0 Å². The molecule has 0 aliphatic carbocycles. The molecule has 6 aromatic rings. The molecule has 6 aromatic carbocycles.